The topological polar surface area (TPSA) is 80.6 Å². The summed E-state index contributed by atoms with van der Waals surface area (Å²) in [6, 6.07) is 5.37. The van der Waals surface area contributed by atoms with Crippen LogP contribution in [0.3, 0.4) is 0 Å². The summed E-state index contributed by atoms with van der Waals surface area (Å²) < 4.78 is 5.19. The van der Waals surface area contributed by atoms with Crippen molar-refractivity contribution in [3.8, 4) is 11.5 Å². The van der Waals surface area contributed by atoms with E-state index in [9.17, 15) is 9.90 Å². The minimum atomic E-state index is -0.0708. The molecule has 2 aliphatic rings. The average molecular weight is 545 g/mol. The summed E-state index contributed by atoms with van der Waals surface area (Å²) in [5.74, 6) is 1.68. The van der Waals surface area contributed by atoms with Crippen LogP contribution in [0.5, 0.6) is 11.5 Å². The number of guanidine groups is 1. The second kappa shape index (κ2) is 12.3. The number of phenolic OH excluding ortho intramolecular Hbond substituents is 1. The van der Waals surface area contributed by atoms with Gasteiger partial charge in [0.2, 0.25) is 5.91 Å². The number of rotatable bonds is 6. The molecule has 3 rings (SSSR count). The number of carbonyl (C=O) groups is 1. The van der Waals surface area contributed by atoms with Crippen LogP contribution in [0.15, 0.2) is 23.2 Å². The molecule has 0 bridgehead atoms. The second-order valence-electron chi connectivity index (χ2n) is 7.87. The van der Waals surface area contributed by atoms with Crippen molar-refractivity contribution in [2.45, 2.75) is 39.3 Å². The molecule has 1 unspecified atom stereocenters. The number of hydrogen-bond donors (Lipinski definition) is 2. The minimum Gasteiger partial charge on any atom is -0.504 e. The van der Waals surface area contributed by atoms with Gasteiger partial charge in [-0.2, -0.15) is 0 Å². The normalized spacial score (nSPS) is 18.5. The Labute approximate surface area is 202 Å². The number of halogens is 1. The van der Waals surface area contributed by atoms with Gasteiger partial charge in [0.1, 0.15) is 0 Å². The number of amides is 1. The molecule has 0 aromatic heterocycles. The first-order valence-corrected chi connectivity index (χ1v) is 11.0. The second-order valence-corrected chi connectivity index (χ2v) is 7.87. The van der Waals surface area contributed by atoms with Gasteiger partial charge in [-0.1, -0.05) is 12.1 Å². The van der Waals surface area contributed by atoms with Gasteiger partial charge in [-0.15, -0.1) is 24.0 Å². The number of aromatic hydroxyl groups is 1. The predicted octanol–water partition coefficient (Wildman–Crippen LogP) is 2.11. The molecule has 31 heavy (non-hydrogen) atoms. The highest BCUT2D eigenvalue weighted by molar-refractivity contribution is 14.0. The molecular formula is C22H36IN5O3. The van der Waals surface area contributed by atoms with Crippen molar-refractivity contribution in [3.05, 3.63) is 23.8 Å². The number of methoxy groups -OCH3 is 1. The highest BCUT2D eigenvalue weighted by Gasteiger charge is 2.30. The number of ether oxygens (including phenoxy) is 1. The lowest BCUT2D eigenvalue weighted by Gasteiger charge is -2.39. The molecule has 0 spiro atoms. The zero-order valence-electron chi connectivity index (χ0n) is 18.8. The highest BCUT2D eigenvalue weighted by atomic mass is 127. The lowest BCUT2D eigenvalue weighted by atomic mass is 10.2. The van der Waals surface area contributed by atoms with Gasteiger partial charge < -0.3 is 25.0 Å². The molecule has 1 atom stereocenters. The van der Waals surface area contributed by atoms with Gasteiger partial charge in [0.25, 0.3) is 0 Å². The number of nitrogens with one attached hydrogen (secondary N) is 1. The van der Waals surface area contributed by atoms with E-state index < -0.39 is 0 Å². The van der Waals surface area contributed by atoms with Crippen LogP contribution in [-0.4, -0.2) is 90.6 Å². The van der Waals surface area contributed by atoms with Gasteiger partial charge in [-0.05, 0) is 32.8 Å². The van der Waals surface area contributed by atoms with E-state index in [1.807, 2.05) is 30.9 Å². The third-order valence-corrected chi connectivity index (χ3v) is 5.97. The molecule has 2 fully saturated rings. The van der Waals surface area contributed by atoms with Crippen LogP contribution in [-0.2, 0) is 11.3 Å². The fourth-order valence-corrected chi connectivity index (χ4v) is 4.12. The number of likely N-dealkylation sites (tertiary alicyclic amines) is 1. The highest BCUT2D eigenvalue weighted by Crippen LogP contribution is 2.29. The molecular weight excluding hydrogens is 509 g/mol. The Kier molecular flexibility index (Phi) is 10.1. The van der Waals surface area contributed by atoms with Crippen LogP contribution in [0.2, 0.25) is 0 Å². The maximum atomic E-state index is 12.7. The first-order chi connectivity index (χ1) is 14.5. The minimum absolute atomic E-state index is 0. The Morgan fingerprint density at radius 3 is 2.45 bits per heavy atom. The lowest BCUT2D eigenvalue weighted by Crippen LogP contribution is -2.57. The van der Waals surface area contributed by atoms with Gasteiger partial charge in [-0.3, -0.25) is 9.69 Å². The van der Waals surface area contributed by atoms with Crippen LogP contribution in [0.4, 0.5) is 0 Å². The molecule has 0 aliphatic carbocycles. The van der Waals surface area contributed by atoms with E-state index in [1.165, 1.54) is 0 Å². The fraction of sp³-hybridized carbons (Fsp3) is 0.636. The van der Waals surface area contributed by atoms with Gasteiger partial charge in [0, 0.05) is 51.4 Å². The van der Waals surface area contributed by atoms with Gasteiger partial charge in [-0.25, -0.2) is 4.99 Å². The Balaban J connectivity index is 0.00000341. The molecule has 174 valence electrons. The molecule has 2 aliphatic heterocycles. The zero-order chi connectivity index (χ0) is 21.5. The van der Waals surface area contributed by atoms with Crippen molar-refractivity contribution in [2.24, 2.45) is 4.99 Å². The van der Waals surface area contributed by atoms with Crippen molar-refractivity contribution in [2.75, 3.05) is 52.9 Å². The van der Waals surface area contributed by atoms with E-state index in [0.717, 1.165) is 70.2 Å². The number of hydrogen-bond acceptors (Lipinski definition) is 5. The van der Waals surface area contributed by atoms with E-state index >= 15 is 0 Å². The largest absolute Gasteiger partial charge is 0.504 e. The molecule has 1 amide bonds. The molecule has 0 radical (unpaired) electrons. The SMILES string of the molecule is CCNC(=NCc1cccc(OC)c1O)N1CCN(C(C)C(=O)N2CCCC2)CC1.I. The van der Waals surface area contributed by atoms with Gasteiger partial charge in [0.15, 0.2) is 17.5 Å². The van der Waals surface area contributed by atoms with Gasteiger partial charge in [0.05, 0.1) is 19.7 Å². The number of carbonyl (C=O) groups excluding carboxylic acids is 1. The number of benzene rings is 1. The molecule has 2 saturated heterocycles. The molecule has 9 heteroatoms. The quantitative estimate of drug-likeness (QED) is 0.324. The van der Waals surface area contributed by atoms with Gasteiger partial charge >= 0.3 is 0 Å². The Hall–Kier alpha value is -1.75. The van der Waals surface area contributed by atoms with Crippen molar-refractivity contribution >= 4 is 35.8 Å². The number of aliphatic imine (C=N–C) groups is 1. The summed E-state index contributed by atoms with van der Waals surface area (Å²) in [5, 5.41) is 13.7. The number of nitrogens with zero attached hydrogens (tertiary/aromatic N) is 4. The van der Waals surface area contributed by atoms with Crippen molar-refractivity contribution in [1.82, 2.24) is 20.0 Å². The van der Waals surface area contributed by atoms with E-state index in [4.69, 9.17) is 9.73 Å². The number of phenols is 1. The smallest absolute Gasteiger partial charge is 0.239 e. The Bertz CT molecular complexity index is 747. The van der Waals surface area contributed by atoms with Crippen LogP contribution < -0.4 is 10.1 Å². The van der Waals surface area contributed by atoms with Crippen LogP contribution in [0.1, 0.15) is 32.3 Å². The van der Waals surface area contributed by atoms with Crippen LogP contribution in [0.25, 0.3) is 0 Å². The predicted molar refractivity (Wildman–Crippen MR) is 133 cm³/mol. The van der Waals surface area contributed by atoms with Crippen LogP contribution in [0, 0.1) is 0 Å². The monoisotopic (exact) mass is 545 g/mol. The summed E-state index contributed by atoms with van der Waals surface area (Å²) in [6.45, 7) is 10.3. The van der Waals surface area contributed by atoms with Crippen molar-refractivity contribution in [3.63, 3.8) is 0 Å². The molecule has 1 aromatic rings. The molecule has 8 nitrogen and oxygen atoms in total. The third-order valence-electron chi connectivity index (χ3n) is 5.97. The summed E-state index contributed by atoms with van der Waals surface area (Å²) >= 11 is 0. The number of para-hydroxylation sites is 1. The Morgan fingerprint density at radius 2 is 1.84 bits per heavy atom. The van der Waals surface area contributed by atoms with E-state index in [2.05, 4.69) is 15.1 Å². The molecule has 1 aromatic carbocycles. The average Bonchev–Trinajstić information content (AvgIpc) is 3.31. The molecule has 2 heterocycles. The van der Waals surface area contributed by atoms with Crippen molar-refractivity contribution in [1.29, 1.82) is 0 Å². The first kappa shape index (κ1) is 25.5. The molecule has 2 N–H and O–H groups in total. The number of piperazine rings is 1. The van der Waals surface area contributed by atoms with Crippen LogP contribution >= 0.6 is 24.0 Å². The maximum Gasteiger partial charge on any atom is 0.239 e. The summed E-state index contributed by atoms with van der Waals surface area (Å²) in [7, 11) is 1.54. The fourth-order valence-electron chi connectivity index (χ4n) is 4.12. The standard InChI is InChI=1S/C22H35N5O3.HI/c1-4-23-22(24-16-18-8-7-9-19(30-3)20(18)28)27-14-12-25(13-15-27)17(2)21(29)26-10-5-6-11-26;/h7-9,17,28H,4-6,10-16H2,1-3H3,(H,23,24);1H. The van der Waals surface area contributed by atoms with Crippen molar-refractivity contribution < 1.29 is 14.6 Å². The van der Waals surface area contributed by atoms with E-state index in [0.29, 0.717) is 12.3 Å². The summed E-state index contributed by atoms with van der Waals surface area (Å²) in [5.41, 5.74) is 0.730. The van der Waals surface area contributed by atoms with E-state index in [-0.39, 0.29) is 41.7 Å². The third kappa shape index (κ3) is 6.38. The first-order valence-electron chi connectivity index (χ1n) is 11.0. The molecule has 0 saturated carbocycles. The summed E-state index contributed by atoms with van der Waals surface area (Å²) in [4.78, 5) is 23.9. The van der Waals surface area contributed by atoms with E-state index in [1.54, 1.807) is 13.2 Å². The lowest BCUT2D eigenvalue weighted by molar-refractivity contribution is -0.135. The summed E-state index contributed by atoms with van der Waals surface area (Å²) in [6.07, 6.45) is 2.25. The maximum absolute atomic E-state index is 12.7. The Morgan fingerprint density at radius 1 is 1.16 bits per heavy atom. The zero-order valence-corrected chi connectivity index (χ0v) is 21.2.